The molecule has 1 heterocycles. The minimum Gasteiger partial charge on any atom is -0.508 e. The van der Waals surface area contributed by atoms with Gasteiger partial charge in [-0.05, 0) is 67.8 Å². The Bertz CT molecular complexity index is 443. The van der Waals surface area contributed by atoms with Crippen molar-refractivity contribution in [1.29, 1.82) is 0 Å². The van der Waals surface area contributed by atoms with Crippen molar-refractivity contribution in [2.75, 3.05) is 13.1 Å². The quantitative estimate of drug-likeness (QED) is 0.871. The Kier molecular flexibility index (Phi) is 3.79. The fourth-order valence-corrected chi connectivity index (χ4v) is 3.85. The Hall–Kier alpha value is -1.02. The van der Waals surface area contributed by atoms with E-state index in [9.17, 15) is 5.11 Å². The highest BCUT2D eigenvalue weighted by Crippen LogP contribution is 2.38. The van der Waals surface area contributed by atoms with Crippen LogP contribution in [0.4, 0.5) is 0 Å². The average molecular weight is 259 g/mol. The number of benzene rings is 1. The number of aryl methyl sites for hydroxylation is 1. The average Bonchev–Trinajstić information content (AvgIpc) is 2.46. The number of nitrogens with zero attached hydrogens (tertiary/aromatic N) is 1. The number of aromatic hydroxyl groups is 1. The highest BCUT2D eigenvalue weighted by molar-refractivity contribution is 5.38. The molecule has 2 heteroatoms. The summed E-state index contributed by atoms with van der Waals surface area (Å²) in [6, 6.07) is 6.52. The molecule has 19 heavy (non-hydrogen) atoms. The Balaban J connectivity index is 1.84. The van der Waals surface area contributed by atoms with Crippen molar-refractivity contribution in [3.05, 3.63) is 29.3 Å². The van der Waals surface area contributed by atoms with Crippen molar-refractivity contribution in [2.45, 2.75) is 51.5 Å². The zero-order chi connectivity index (χ0) is 13.2. The molecule has 104 valence electrons. The number of likely N-dealkylation sites (tertiary alicyclic amines) is 1. The van der Waals surface area contributed by atoms with Gasteiger partial charge in [0, 0.05) is 12.6 Å². The van der Waals surface area contributed by atoms with Crippen LogP contribution >= 0.6 is 0 Å². The van der Waals surface area contributed by atoms with Gasteiger partial charge in [-0.25, -0.2) is 0 Å². The highest BCUT2D eigenvalue weighted by Gasteiger charge is 2.29. The minimum absolute atomic E-state index is 0.426. The van der Waals surface area contributed by atoms with Gasteiger partial charge in [-0.1, -0.05) is 19.4 Å². The van der Waals surface area contributed by atoms with Crippen LogP contribution in [0.1, 0.15) is 56.2 Å². The lowest BCUT2D eigenvalue weighted by Gasteiger charge is -2.40. The van der Waals surface area contributed by atoms with E-state index in [0.717, 1.165) is 5.92 Å². The second-order valence-corrected chi connectivity index (χ2v) is 6.20. The monoisotopic (exact) mass is 259 g/mol. The van der Waals surface area contributed by atoms with Gasteiger partial charge in [-0.15, -0.1) is 0 Å². The van der Waals surface area contributed by atoms with E-state index in [-0.39, 0.29) is 0 Å². The molecular formula is C17H25NO. The molecule has 0 aromatic heterocycles. The van der Waals surface area contributed by atoms with Gasteiger partial charge in [-0.3, -0.25) is 4.90 Å². The predicted octanol–water partition coefficient (Wildman–Crippen LogP) is 3.89. The van der Waals surface area contributed by atoms with Crippen LogP contribution in [0.25, 0.3) is 0 Å². The van der Waals surface area contributed by atoms with Gasteiger partial charge in [-0.2, -0.15) is 0 Å². The maximum absolute atomic E-state index is 9.78. The smallest absolute Gasteiger partial charge is 0.115 e. The summed E-state index contributed by atoms with van der Waals surface area (Å²) in [5.74, 6) is 1.30. The van der Waals surface area contributed by atoms with E-state index in [1.165, 1.54) is 62.7 Å². The fraction of sp³-hybridized carbons (Fsp3) is 0.647. The zero-order valence-corrected chi connectivity index (χ0v) is 11.9. The first-order chi connectivity index (χ1) is 9.28. The summed E-state index contributed by atoms with van der Waals surface area (Å²) < 4.78 is 0. The molecule has 2 unspecified atom stereocenters. The highest BCUT2D eigenvalue weighted by atomic mass is 16.3. The third-order valence-electron chi connectivity index (χ3n) is 4.98. The third-order valence-corrected chi connectivity index (χ3v) is 4.98. The molecule has 0 radical (unpaired) electrons. The number of phenols is 1. The summed E-state index contributed by atoms with van der Waals surface area (Å²) in [7, 11) is 0. The molecule has 3 rings (SSSR count). The molecule has 1 aromatic carbocycles. The second-order valence-electron chi connectivity index (χ2n) is 6.20. The molecule has 2 nitrogen and oxygen atoms in total. The maximum atomic E-state index is 9.78. The van der Waals surface area contributed by atoms with Gasteiger partial charge in [0.05, 0.1) is 0 Å². The second kappa shape index (κ2) is 5.54. The van der Waals surface area contributed by atoms with Gasteiger partial charge in [0.1, 0.15) is 5.75 Å². The molecule has 1 aliphatic heterocycles. The Labute approximate surface area is 116 Å². The molecule has 1 aliphatic carbocycles. The first-order valence-corrected chi connectivity index (χ1v) is 7.83. The van der Waals surface area contributed by atoms with E-state index in [1.807, 2.05) is 12.1 Å². The first-order valence-electron chi connectivity index (χ1n) is 7.83. The molecule has 1 fully saturated rings. The normalized spacial score (nSPS) is 28.1. The van der Waals surface area contributed by atoms with Crippen LogP contribution in [0.2, 0.25) is 0 Å². The van der Waals surface area contributed by atoms with E-state index in [2.05, 4.69) is 17.9 Å². The summed E-state index contributed by atoms with van der Waals surface area (Å²) in [4.78, 5) is 2.68. The van der Waals surface area contributed by atoms with Crippen molar-refractivity contribution in [3.63, 3.8) is 0 Å². The number of rotatable bonds is 2. The van der Waals surface area contributed by atoms with Crippen molar-refractivity contribution in [3.8, 4) is 5.75 Å². The van der Waals surface area contributed by atoms with E-state index in [4.69, 9.17) is 0 Å². The largest absolute Gasteiger partial charge is 0.508 e. The minimum atomic E-state index is 0.426. The molecule has 0 saturated carbocycles. The van der Waals surface area contributed by atoms with Crippen LogP contribution in [0.3, 0.4) is 0 Å². The number of fused-ring (bicyclic) bond motifs is 1. The lowest BCUT2D eigenvalue weighted by molar-refractivity contribution is 0.110. The molecule has 0 amide bonds. The van der Waals surface area contributed by atoms with Crippen LogP contribution in [-0.2, 0) is 6.42 Å². The number of phenolic OH excluding ortho intramolecular Hbond substituents is 1. The Morgan fingerprint density at radius 1 is 1.26 bits per heavy atom. The van der Waals surface area contributed by atoms with E-state index >= 15 is 0 Å². The van der Waals surface area contributed by atoms with Crippen molar-refractivity contribution in [2.24, 2.45) is 5.92 Å². The molecule has 2 aliphatic rings. The van der Waals surface area contributed by atoms with Crippen LogP contribution in [-0.4, -0.2) is 23.1 Å². The maximum Gasteiger partial charge on any atom is 0.115 e. The lowest BCUT2D eigenvalue weighted by Crippen LogP contribution is -2.39. The van der Waals surface area contributed by atoms with Gasteiger partial charge in [0.2, 0.25) is 0 Å². The number of hydrogen-bond donors (Lipinski definition) is 1. The van der Waals surface area contributed by atoms with E-state index in [1.54, 1.807) is 0 Å². The zero-order valence-electron chi connectivity index (χ0n) is 11.9. The molecule has 0 bridgehead atoms. The Morgan fingerprint density at radius 2 is 2.16 bits per heavy atom. The topological polar surface area (TPSA) is 23.5 Å². The SMILES string of the molecule is CCC1CCCN(C2CCCc3ccc(O)cc32)C1. The molecule has 2 atom stereocenters. The summed E-state index contributed by atoms with van der Waals surface area (Å²) in [6.07, 6.45) is 7.76. The first kappa shape index (κ1) is 13.0. The summed E-state index contributed by atoms with van der Waals surface area (Å²) >= 11 is 0. The number of piperidine rings is 1. The molecule has 1 aromatic rings. The van der Waals surface area contributed by atoms with E-state index < -0.39 is 0 Å². The van der Waals surface area contributed by atoms with Crippen LogP contribution in [0.5, 0.6) is 5.75 Å². The predicted molar refractivity (Wildman–Crippen MR) is 78.4 cm³/mol. The third kappa shape index (κ3) is 2.64. The lowest BCUT2D eigenvalue weighted by atomic mass is 9.84. The molecule has 1 saturated heterocycles. The summed E-state index contributed by atoms with van der Waals surface area (Å²) in [5, 5.41) is 9.78. The molecule has 1 N–H and O–H groups in total. The van der Waals surface area contributed by atoms with Gasteiger partial charge in [0.15, 0.2) is 0 Å². The van der Waals surface area contributed by atoms with Gasteiger partial charge < -0.3 is 5.11 Å². The molecule has 0 spiro atoms. The molecular weight excluding hydrogens is 234 g/mol. The van der Waals surface area contributed by atoms with Crippen molar-refractivity contribution in [1.82, 2.24) is 4.90 Å². The number of hydrogen-bond acceptors (Lipinski definition) is 2. The standard InChI is InChI=1S/C17H25NO/c1-2-13-5-4-10-18(12-13)17-7-3-6-14-8-9-15(19)11-16(14)17/h8-9,11,13,17,19H,2-7,10,12H2,1H3. The van der Waals surface area contributed by atoms with Crippen molar-refractivity contribution >= 4 is 0 Å². The van der Waals surface area contributed by atoms with Crippen LogP contribution in [0.15, 0.2) is 18.2 Å². The van der Waals surface area contributed by atoms with E-state index in [0.29, 0.717) is 11.8 Å². The Morgan fingerprint density at radius 3 is 3.00 bits per heavy atom. The van der Waals surface area contributed by atoms with Crippen molar-refractivity contribution < 1.29 is 5.11 Å². The fourth-order valence-electron chi connectivity index (χ4n) is 3.85. The van der Waals surface area contributed by atoms with Crippen LogP contribution < -0.4 is 0 Å². The van der Waals surface area contributed by atoms with Gasteiger partial charge >= 0.3 is 0 Å². The van der Waals surface area contributed by atoms with Gasteiger partial charge in [0.25, 0.3) is 0 Å². The summed E-state index contributed by atoms with van der Waals surface area (Å²) in [5.41, 5.74) is 2.84. The summed E-state index contributed by atoms with van der Waals surface area (Å²) in [6.45, 7) is 4.79. The van der Waals surface area contributed by atoms with Crippen LogP contribution in [0, 0.1) is 5.92 Å².